The SMILES string of the molecule is COC[C@]1(O)[C@@H](OC)O[C@@](COCc2ccccc2)(C(OCc2ccccc2)[C@H]2COC(C)(C)O2)[C@@H]1OCc1ccccc1. The summed E-state index contributed by atoms with van der Waals surface area (Å²) in [5.74, 6) is -0.854. The van der Waals surface area contributed by atoms with Gasteiger partial charge in [-0.1, -0.05) is 91.0 Å². The molecule has 1 N–H and O–H groups in total. The second-order valence-electron chi connectivity index (χ2n) is 11.8. The molecule has 238 valence electrons. The van der Waals surface area contributed by atoms with Gasteiger partial charge in [-0.25, -0.2) is 0 Å². The molecule has 3 aromatic rings. The predicted octanol–water partition coefficient (Wildman–Crippen LogP) is 4.64. The Hall–Kier alpha value is -2.70. The summed E-state index contributed by atoms with van der Waals surface area (Å²) < 4.78 is 50.4. The Morgan fingerprint density at radius 3 is 1.86 bits per heavy atom. The Labute approximate surface area is 259 Å². The number of rotatable bonds is 15. The highest BCUT2D eigenvalue weighted by Gasteiger charge is 2.70. The maximum Gasteiger partial charge on any atom is 0.192 e. The highest BCUT2D eigenvalue weighted by atomic mass is 16.8. The number of hydrogen-bond acceptors (Lipinski definition) is 9. The number of methoxy groups -OCH3 is 2. The van der Waals surface area contributed by atoms with Crippen LogP contribution in [0.5, 0.6) is 0 Å². The Balaban J connectivity index is 1.57. The average Bonchev–Trinajstić information content (AvgIpc) is 3.51. The van der Waals surface area contributed by atoms with E-state index >= 15 is 0 Å². The lowest BCUT2D eigenvalue weighted by Crippen LogP contribution is -2.65. The van der Waals surface area contributed by atoms with E-state index in [0.717, 1.165) is 16.7 Å². The number of ether oxygens (including phenoxy) is 8. The molecule has 0 aliphatic carbocycles. The fourth-order valence-corrected chi connectivity index (χ4v) is 6.07. The summed E-state index contributed by atoms with van der Waals surface area (Å²) in [5, 5.41) is 12.3. The zero-order valence-electron chi connectivity index (χ0n) is 25.9. The highest BCUT2D eigenvalue weighted by molar-refractivity contribution is 5.19. The van der Waals surface area contributed by atoms with E-state index in [4.69, 9.17) is 37.9 Å². The number of aliphatic hydroxyl groups is 1. The lowest BCUT2D eigenvalue weighted by Gasteiger charge is -2.43. The Bertz CT molecular complexity index is 1280. The number of hydrogen-bond donors (Lipinski definition) is 1. The van der Waals surface area contributed by atoms with Crippen molar-refractivity contribution < 1.29 is 43.0 Å². The molecular formula is C35H44O9. The van der Waals surface area contributed by atoms with E-state index in [9.17, 15) is 5.11 Å². The normalized spacial score (nSPS) is 28.7. The Morgan fingerprint density at radius 1 is 0.773 bits per heavy atom. The first-order valence-corrected chi connectivity index (χ1v) is 15.0. The van der Waals surface area contributed by atoms with E-state index in [1.54, 1.807) is 0 Å². The fraction of sp³-hybridized carbons (Fsp3) is 0.486. The van der Waals surface area contributed by atoms with Crippen LogP contribution in [0.25, 0.3) is 0 Å². The van der Waals surface area contributed by atoms with Crippen LogP contribution < -0.4 is 0 Å². The molecule has 5 rings (SSSR count). The quantitative estimate of drug-likeness (QED) is 0.265. The molecule has 0 radical (unpaired) electrons. The minimum atomic E-state index is -1.72. The van der Waals surface area contributed by atoms with Crippen LogP contribution >= 0.6 is 0 Å². The lowest BCUT2D eigenvalue weighted by atomic mass is 9.81. The summed E-state index contributed by atoms with van der Waals surface area (Å²) >= 11 is 0. The Kier molecular flexibility index (Phi) is 10.8. The molecule has 0 bridgehead atoms. The van der Waals surface area contributed by atoms with Crippen LogP contribution in [-0.2, 0) is 57.7 Å². The summed E-state index contributed by atoms with van der Waals surface area (Å²) in [7, 11) is 3.00. The van der Waals surface area contributed by atoms with E-state index < -0.39 is 41.6 Å². The van der Waals surface area contributed by atoms with Crippen molar-refractivity contribution in [2.45, 2.75) is 75.3 Å². The standard InChI is InChI=1S/C35H44O9/c1-33(2)42-23-29(43-33)30(40-21-27-16-10-6-11-17-27)35(25-39-20-26-14-8-5-9-15-26)31(41-22-28-18-12-7-13-19-28)34(36,24-37-3)32(38-4)44-35/h5-19,29-32,36H,20-25H2,1-4H3/t29-,30?,31-,32+,34-,35+/m1/s1. The van der Waals surface area contributed by atoms with E-state index in [2.05, 4.69) is 0 Å². The summed E-state index contributed by atoms with van der Waals surface area (Å²) in [6.07, 6.45) is -3.55. The Morgan fingerprint density at radius 2 is 1.34 bits per heavy atom. The first-order valence-electron chi connectivity index (χ1n) is 15.0. The van der Waals surface area contributed by atoms with Crippen LogP contribution in [0.15, 0.2) is 91.0 Å². The topological polar surface area (TPSA) is 94.1 Å². The molecule has 2 aliphatic rings. The predicted molar refractivity (Wildman–Crippen MR) is 162 cm³/mol. The van der Waals surface area contributed by atoms with Crippen molar-refractivity contribution in [1.29, 1.82) is 0 Å². The van der Waals surface area contributed by atoms with Crippen molar-refractivity contribution in [3.8, 4) is 0 Å². The molecule has 9 nitrogen and oxygen atoms in total. The maximum absolute atomic E-state index is 12.3. The average molecular weight is 609 g/mol. The maximum atomic E-state index is 12.3. The van der Waals surface area contributed by atoms with Gasteiger partial charge in [0, 0.05) is 14.2 Å². The van der Waals surface area contributed by atoms with Gasteiger partial charge in [0.15, 0.2) is 23.3 Å². The zero-order chi connectivity index (χ0) is 31.0. The van der Waals surface area contributed by atoms with Crippen LogP contribution in [0.2, 0.25) is 0 Å². The van der Waals surface area contributed by atoms with Gasteiger partial charge in [-0.2, -0.15) is 0 Å². The van der Waals surface area contributed by atoms with Gasteiger partial charge in [-0.3, -0.25) is 0 Å². The molecule has 0 aromatic heterocycles. The summed E-state index contributed by atoms with van der Waals surface area (Å²) in [6.45, 7) is 4.57. The van der Waals surface area contributed by atoms with Crippen molar-refractivity contribution in [1.82, 2.24) is 0 Å². The van der Waals surface area contributed by atoms with Crippen molar-refractivity contribution in [3.63, 3.8) is 0 Å². The summed E-state index contributed by atoms with van der Waals surface area (Å²) in [4.78, 5) is 0. The second-order valence-corrected chi connectivity index (χ2v) is 11.8. The molecule has 9 heteroatoms. The molecule has 2 aliphatic heterocycles. The van der Waals surface area contributed by atoms with Crippen LogP contribution in [-0.4, -0.2) is 80.7 Å². The molecular weight excluding hydrogens is 564 g/mol. The molecule has 0 spiro atoms. The molecule has 0 amide bonds. The zero-order valence-corrected chi connectivity index (χ0v) is 25.9. The largest absolute Gasteiger partial charge is 0.381 e. The third-order valence-electron chi connectivity index (χ3n) is 8.04. The first-order chi connectivity index (χ1) is 21.3. The van der Waals surface area contributed by atoms with Crippen LogP contribution in [0.1, 0.15) is 30.5 Å². The van der Waals surface area contributed by atoms with Gasteiger partial charge in [-0.05, 0) is 30.5 Å². The van der Waals surface area contributed by atoms with E-state index in [1.807, 2.05) is 105 Å². The minimum Gasteiger partial charge on any atom is -0.381 e. The smallest absolute Gasteiger partial charge is 0.192 e. The van der Waals surface area contributed by atoms with E-state index in [1.165, 1.54) is 14.2 Å². The van der Waals surface area contributed by atoms with Gasteiger partial charge in [0.25, 0.3) is 0 Å². The molecule has 0 saturated carbocycles. The molecule has 2 saturated heterocycles. The van der Waals surface area contributed by atoms with E-state index in [-0.39, 0.29) is 33.0 Å². The summed E-state index contributed by atoms with van der Waals surface area (Å²) in [5.41, 5.74) is -0.263. The lowest BCUT2D eigenvalue weighted by molar-refractivity contribution is -0.264. The van der Waals surface area contributed by atoms with E-state index in [0.29, 0.717) is 6.61 Å². The van der Waals surface area contributed by atoms with Crippen molar-refractivity contribution in [2.24, 2.45) is 0 Å². The van der Waals surface area contributed by atoms with Gasteiger partial charge in [0.1, 0.15) is 18.3 Å². The molecule has 6 atom stereocenters. The first kappa shape index (κ1) is 32.7. The monoisotopic (exact) mass is 608 g/mol. The van der Waals surface area contributed by atoms with Crippen molar-refractivity contribution in [3.05, 3.63) is 108 Å². The number of benzene rings is 3. The molecule has 1 unspecified atom stereocenters. The van der Waals surface area contributed by atoms with Crippen LogP contribution in [0.4, 0.5) is 0 Å². The van der Waals surface area contributed by atoms with Crippen molar-refractivity contribution >= 4 is 0 Å². The third-order valence-corrected chi connectivity index (χ3v) is 8.04. The molecule has 2 heterocycles. The van der Waals surface area contributed by atoms with Crippen LogP contribution in [0.3, 0.4) is 0 Å². The fourth-order valence-electron chi connectivity index (χ4n) is 6.07. The van der Waals surface area contributed by atoms with Gasteiger partial charge in [0.05, 0.1) is 39.6 Å². The van der Waals surface area contributed by atoms with Gasteiger partial charge >= 0.3 is 0 Å². The second kappa shape index (κ2) is 14.6. The van der Waals surface area contributed by atoms with Gasteiger partial charge < -0.3 is 43.0 Å². The van der Waals surface area contributed by atoms with Crippen LogP contribution in [0, 0.1) is 0 Å². The highest BCUT2D eigenvalue weighted by Crippen LogP contribution is 2.47. The summed E-state index contributed by atoms with van der Waals surface area (Å²) in [6, 6.07) is 29.5. The third kappa shape index (κ3) is 7.39. The van der Waals surface area contributed by atoms with Gasteiger partial charge in [-0.15, -0.1) is 0 Å². The minimum absolute atomic E-state index is 0.00696. The van der Waals surface area contributed by atoms with Crippen molar-refractivity contribution in [2.75, 3.05) is 34.0 Å². The van der Waals surface area contributed by atoms with Gasteiger partial charge in [0.2, 0.25) is 0 Å². The molecule has 44 heavy (non-hydrogen) atoms. The molecule has 2 fully saturated rings. The molecule has 3 aromatic carbocycles.